The number of benzene rings is 1. The first kappa shape index (κ1) is 19.5. The van der Waals surface area contributed by atoms with Gasteiger partial charge in [-0.1, -0.05) is 38.1 Å². The Kier molecular flexibility index (Phi) is 7.03. The Bertz CT molecular complexity index is 490. The molecule has 0 aliphatic carbocycles. The van der Waals surface area contributed by atoms with Gasteiger partial charge in [0.25, 0.3) is 0 Å². The van der Waals surface area contributed by atoms with Gasteiger partial charge in [-0.25, -0.2) is 4.79 Å². The zero-order valence-electron chi connectivity index (χ0n) is 14.9. The van der Waals surface area contributed by atoms with Gasteiger partial charge < -0.3 is 20.5 Å². The largest absolute Gasteiger partial charge is 0.444 e. The van der Waals surface area contributed by atoms with E-state index in [9.17, 15) is 9.90 Å². The van der Waals surface area contributed by atoms with Crippen LogP contribution in [0, 0.1) is 5.41 Å². The normalized spacial score (nSPS) is 12.1. The molecule has 1 aromatic rings. The first-order chi connectivity index (χ1) is 10.6. The second-order valence-corrected chi connectivity index (χ2v) is 7.60. The van der Waals surface area contributed by atoms with Crippen LogP contribution in [-0.4, -0.2) is 30.0 Å². The maximum Gasteiger partial charge on any atom is 0.407 e. The van der Waals surface area contributed by atoms with Gasteiger partial charge in [-0.05, 0) is 31.9 Å². The number of hydrogen-bond acceptors (Lipinski definition) is 4. The first-order valence-electron chi connectivity index (χ1n) is 7.97. The lowest BCUT2D eigenvalue weighted by atomic mass is 9.95. The summed E-state index contributed by atoms with van der Waals surface area (Å²) in [5, 5.41) is 15.3. The molecule has 0 aromatic heterocycles. The van der Waals surface area contributed by atoms with Gasteiger partial charge in [0, 0.05) is 31.7 Å². The van der Waals surface area contributed by atoms with E-state index in [-0.39, 0.29) is 12.0 Å². The molecule has 0 aliphatic rings. The molecule has 130 valence electrons. The standard InChI is InChI=1S/C18H30N2O3/c1-17(2,3)23-16(22)20-11-15-8-6-14(7-9-15)10-19-12-18(4,5)13-21/h6-9,19,21H,10-13H2,1-5H3,(H,20,22). The molecule has 0 aliphatic heterocycles. The second-order valence-electron chi connectivity index (χ2n) is 7.60. The Morgan fingerprint density at radius 2 is 1.57 bits per heavy atom. The molecule has 0 heterocycles. The van der Waals surface area contributed by atoms with Gasteiger partial charge in [0.05, 0.1) is 0 Å². The van der Waals surface area contributed by atoms with Gasteiger partial charge in [0.15, 0.2) is 0 Å². The Hall–Kier alpha value is -1.59. The van der Waals surface area contributed by atoms with Crippen LogP contribution in [0.2, 0.25) is 0 Å². The number of hydrogen-bond donors (Lipinski definition) is 3. The van der Waals surface area contributed by atoms with Crippen molar-refractivity contribution in [2.24, 2.45) is 5.41 Å². The number of aliphatic hydroxyl groups excluding tert-OH is 1. The molecule has 3 N–H and O–H groups in total. The van der Waals surface area contributed by atoms with Crippen LogP contribution < -0.4 is 10.6 Å². The molecule has 5 nitrogen and oxygen atoms in total. The highest BCUT2D eigenvalue weighted by Crippen LogP contribution is 2.12. The van der Waals surface area contributed by atoms with Crippen molar-refractivity contribution in [3.8, 4) is 0 Å². The van der Waals surface area contributed by atoms with E-state index in [1.54, 1.807) is 0 Å². The SMILES string of the molecule is CC(C)(CO)CNCc1ccc(CNC(=O)OC(C)(C)C)cc1. The minimum absolute atomic E-state index is 0.114. The molecule has 0 saturated heterocycles. The van der Waals surface area contributed by atoms with Crippen LogP contribution in [0.25, 0.3) is 0 Å². The van der Waals surface area contributed by atoms with Crippen LogP contribution in [0.15, 0.2) is 24.3 Å². The fourth-order valence-electron chi connectivity index (χ4n) is 1.86. The molecule has 1 amide bonds. The van der Waals surface area contributed by atoms with Crippen molar-refractivity contribution in [3.05, 3.63) is 35.4 Å². The molecular formula is C18H30N2O3. The zero-order chi connectivity index (χ0) is 17.5. The quantitative estimate of drug-likeness (QED) is 0.722. The summed E-state index contributed by atoms with van der Waals surface area (Å²) in [5.74, 6) is 0. The van der Waals surface area contributed by atoms with Crippen LogP contribution in [0.3, 0.4) is 0 Å². The Labute approximate surface area is 139 Å². The van der Waals surface area contributed by atoms with Gasteiger partial charge in [-0.2, -0.15) is 0 Å². The lowest BCUT2D eigenvalue weighted by molar-refractivity contribution is 0.0523. The van der Waals surface area contributed by atoms with Crippen molar-refractivity contribution in [1.29, 1.82) is 0 Å². The molecule has 0 unspecified atom stereocenters. The third-order valence-electron chi connectivity index (χ3n) is 3.22. The number of aliphatic hydroxyl groups is 1. The predicted molar refractivity (Wildman–Crippen MR) is 92.1 cm³/mol. The smallest absolute Gasteiger partial charge is 0.407 e. The van der Waals surface area contributed by atoms with Crippen LogP contribution in [0.5, 0.6) is 0 Å². The van der Waals surface area contributed by atoms with Crippen LogP contribution >= 0.6 is 0 Å². The topological polar surface area (TPSA) is 70.6 Å². The van der Waals surface area contributed by atoms with Crippen molar-refractivity contribution in [2.45, 2.75) is 53.3 Å². The van der Waals surface area contributed by atoms with Gasteiger partial charge in [-0.15, -0.1) is 0 Å². The van der Waals surface area contributed by atoms with Crippen LogP contribution in [0.1, 0.15) is 45.7 Å². The Morgan fingerprint density at radius 3 is 2.04 bits per heavy atom. The minimum atomic E-state index is -0.484. The van der Waals surface area contributed by atoms with E-state index in [0.717, 1.165) is 18.7 Å². The molecule has 1 rings (SSSR count). The number of alkyl carbamates (subject to hydrolysis) is 1. The molecule has 0 atom stereocenters. The second kappa shape index (κ2) is 8.31. The van der Waals surface area contributed by atoms with Gasteiger partial charge >= 0.3 is 6.09 Å². The van der Waals surface area contributed by atoms with Crippen molar-refractivity contribution in [2.75, 3.05) is 13.2 Å². The lowest BCUT2D eigenvalue weighted by Gasteiger charge is -2.22. The lowest BCUT2D eigenvalue weighted by Crippen LogP contribution is -2.32. The maximum absolute atomic E-state index is 11.6. The summed E-state index contributed by atoms with van der Waals surface area (Å²) in [6.07, 6.45) is -0.408. The van der Waals surface area contributed by atoms with E-state index in [1.165, 1.54) is 5.56 Å². The van der Waals surface area contributed by atoms with E-state index < -0.39 is 11.7 Å². The van der Waals surface area contributed by atoms with E-state index in [1.807, 2.05) is 58.9 Å². The van der Waals surface area contributed by atoms with Crippen molar-refractivity contribution < 1.29 is 14.6 Å². The molecule has 5 heteroatoms. The summed E-state index contributed by atoms with van der Waals surface area (Å²) in [4.78, 5) is 11.6. The predicted octanol–water partition coefficient (Wildman–Crippen LogP) is 2.82. The van der Waals surface area contributed by atoms with E-state index in [2.05, 4.69) is 10.6 Å². The average molecular weight is 322 g/mol. The third kappa shape index (κ3) is 8.57. The number of carbonyl (C=O) groups is 1. The monoisotopic (exact) mass is 322 g/mol. The van der Waals surface area contributed by atoms with E-state index in [4.69, 9.17) is 4.74 Å². The maximum atomic E-state index is 11.6. The summed E-state index contributed by atoms with van der Waals surface area (Å²) in [7, 11) is 0. The molecule has 0 spiro atoms. The molecule has 0 fully saturated rings. The zero-order valence-corrected chi connectivity index (χ0v) is 14.9. The Balaban J connectivity index is 2.37. The number of nitrogens with one attached hydrogen (secondary N) is 2. The van der Waals surface area contributed by atoms with Crippen LogP contribution in [-0.2, 0) is 17.8 Å². The molecule has 0 radical (unpaired) electrons. The number of rotatable bonds is 7. The minimum Gasteiger partial charge on any atom is -0.444 e. The average Bonchev–Trinajstić information content (AvgIpc) is 2.44. The highest BCUT2D eigenvalue weighted by atomic mass is 16.6. The molecule has 0 saturated carbocycles. The summed E-state index contributed by atoms with van der Waals surface area (Å²) in [6, 6.07) is 8.05. The molecule has 23 heavy (non-hydrogen) atoms. The third-order valence-corrected chi connectivity index (χ3v) is 3.22. The number of amides is 1. The van der Waals surface area contributed by atoms with Gasteiger partial charge in [-0.3, -0.25) is 0 Å². The van der Waals surface area contributed by atoms with Crippen molar-refractivity contribution in [3.63, 3.8) is 0 Å². The van der Waals surface area contributed by atoms with Crippen molar-refractivity contribution >= 4 is 6.09 Å². The van der Waals surface area contributed by atoms with Crippen molar-refractivity contribution in [1.82, 2.24) is 10.6 Å². The summed E-state index contributed by atoms with van der Waals surface area (Å²) >= 11 is 0. The number of carbonyl (C=O) groups excluding carboxylic acids is 1. The highest BCUT2D eigenvalue weighted by Gasteiger charge is 2.16. The summed E-state index contributed by atoms with van der Waals surface area (Å²) < 4.78 is 5.20. The molecule has 1 aromatic carbocycles. The number of ether oxygens (including phenoxy) is 1. The molecular weight excluding hydrogens is 292 g/mol. The van der Waals surface area contributed by atoms with Gasteiger partial charge in [0.2, 0.25) is 0 Å². The first-order valence-corrected chi connectivity index (χ1v) is 7.97. The summed E-state index contributed by atoms with van der Waals surface area (Å²) in [6.45, 7) is 11.7. The molecule has 0 bridgehead atoms. The van der Waals surface area contributed by atoms with Gasteiger partial charge in [0.1, 0.15) is 5.60 Å². The van der Waals surface area contributed by atoms with E-state index in [0.29, 0.717) is 6.54 Å². The summed E-state index contributed by atoms with van der Waals surface area (Å²) in [5.41, 5.74) is 1.59. The Morgan fingerprint density at radius 1 is 1.04 bits per heavy atom. The fourth-order valence-corrected chi connectivity index (χ4v) is 1.86. The van der Waals surface area contributed by atoms with Crippen LogP contribution in [0.4, 0.5) is 4.79 Å². The van der Waals surface area contributed by atoms with E-state index >= 15 is 0 Å². The fraction of sp³-hybridized carbons (Fsp3) is 0.611. The highest BCUT2D eigenvalue weighted by molar-refractivity contribution is 5.67.